The summed E-state index contributed by atoms with van der Waals surface area (Å²) in [5, 5.41) is 3.15. The summed E-state index contributed by atoms with van der Waals surface area (Å²) in [6, 6.07) is 10.2. The Hall–Kier alpha value is -2.14. The lowest BCUT2D eigenvalue weighted by molar-refractivity contribution is 0.998. The first-order valence-corrected chi connectivity index (χ1v) is 6.27. The highest BCUT2D eigenvalue weighted by molar-refractivity contribution is 5.61. The predicted molar refractivity (Wildman–Crippen MR) is 78.8 cm³/mol. The van der Waals surface area contributed by atoms with E-state index in [2.05, 4.69) is 46.5 Å². The molecule has 2 rings (SSSR count). The number of benzene rings is 1. The Kier molecular flexibility index (Phi) is 4.30. The molecule has 0 radical (unpaired) electrons. The van der Waals surface area contributed by atoms with Gasteiger partial charge in [-0.05, 0) is 19.1 Å². The second-order valence-electron chi connectivity index (χ2n) is 4.37. The van der Waals surface area contributed by atoms with E-state index >= 15 is 0 Å². The Morgan fingerprint density at radius 2 is 1.95 bits per heavy atom. The van der Waals surface area contributed by atoms with Crippen LogP contribution in [0.2, 0.25) is 0 Å². The highest BCUT2D eigenvalue weighted by Crippen LogP contribution is 2.22. The fraction of sp³-hybridized carbons (Fsp3) is 0.286. The third-order valence-electron chi connectivity index (χ3n) is 2.87. The van der Waals surface area contributed by atoms with Crippen molar-refractivity contribution in [3.8, 4) is 0 Å². The minimum absolute atomic E-state index is 0.577. The second-order valence-corrected chi connectivity index (χ2v) is 4.37. The molecule has 0 spiro atoms. The maximum atomic E-state index is 5.46. The molecule has 0 aliphatic heterocycles. The van der Waals surface area contributed by atoms with Gasteiger partial charge in [-0.25, -0.2) is 9.97 Å². The molecular formula is C14H19N5. The fourth-order valence-corrected chi connectivity index (χ4v) is 1.73. The molecule has 0 unspecified atom stereocenters. The topological polar surface area (TPSA) is 67.1 Å². The first-order valence-electron chi connectivity index (χ1n) is 6.27. The van der Waals surface area contributed by atoms with Gasteiger partial charge in [0.1, 0.15) is 18.0 Å². The van der Waals surface area contributed by atoms with Gasteiger partial charge in [-0.15, -0.1) is 0 Å². The zero-order chi connectivity index (χ0) is 13.7. The van der Waals surface area contributed by atoms with Gasteiger partial charge < -0.3 is 16.0 Å². The molecule has 0 aliphatic rings. The third-order valence-corrected chi connectivity index (χ3v) is 2.87. The van der Waals surface area contributed by atoms with E-state index in [1.165, 1.54) is 5.56 Å². The van der Waals surface area contributed by atoms with Gasteiger partial charge in [0, 0.05) is 31.9 Å². The highest BCUT2D eigenvalue weighted by Gasteiger charge is 2.06. The van der Waals surface area contributed by atoms with Gasteiger partial charge in [-0.2, -0.15) is 0 Å². The number of rotatable bonds is 5. The van der Waals surface area contributed by atoms with Crippen molar-refractivity contribution in [1.82, 2.24) is 9.97 Å². The first kappa shape index (κ1) is 13.3. The van der Waals surface area contributed by atoms with Crippen LogP contribution >= 0.6 is 0 Å². The quantitative estimate of drug-likeness (QED) is 0.856. The van der Waals surface area contributed by atoms with Crippen LogP contribution in [0.1, 0.15) is 5.56 Å². The standard InChI is InChI=1S/C14H19N5/c1-11-3-5-12(6-4-11)19(2)14-9-13(16-8-7-15)17-10-18-14/h3-6,9-10H,7-8,15H2,1-2H3,(H,16,17,18). The Labute approximate surface area is 113 Å². The molecule has 19 heavy (non-hydrogen) atoms. The largest absolute Gasteiger partial charge is 0.369 e. The van der Waals surface area contributed by atoms with E-state index in [1.54, 1.807) is 6.33 Å². The lowest BCUT2D eigenvalue weighted by Gasteiger charge is -2.19. The van der Waals surface area contributed by atoms with E-state index in [4.69, 9.17) is 5.73 Å². The molecule has 1 aromatic heterocycles. The van der Waals surface area contributed by atoms with Gasteiger partial charge in [0.2, 0.25) is 0 Å². The monoisotopic (exact) mass is 257 g/mol. The van der Waals surface area contributed by atoms with Gasteiger partial charge >= 0.3 is 0 Å². The smallest absolute Gasteiger partial charge is 0.138 e. The summed E-state index contributed by atoms with van der Waals surface area (Å²) in [4.78, 5) is 10.5. The average Bonchev–Trinajstić information content (AvgIpc) is 2.45. The van der Waals surface area contributed by atoms with Crippen molar-refractivity contribution in [1.29, 1.82) is 0 Å². The molecule has 0 atom stereocenters. The molecule has 0 amide bonds. The summed E-state index contributed by atoms with van der Waals surface area (Å²) >= 11 is 0. The second kappa shape index (κ2) is 6.15. The highest BCUT2D eigenvalue weighted by atomic mass is 15.2. The molecule has 2 aromatic rings. The molecule has 0 fully saturated rings. The van der Waals surface area contributed by atoms with E-state index in [-0.39, 0.29) is 0 Å². The Morgan fingerprint density at radius 1 is 1.21 bits per heavy atom. The van der Waals surface area contributed by atoms with Crippen LogP contribution in [0.3, 0.4) is 0 Å². The van der Waals surface area contributed by atoms with Gasteiger partial charge in [-0.3, -0.25) is 0 Å². The number of nitrogens with two attached hydrogens (primary N) is 1. The number of hydrogen-bond acceptors (Lipinski definition) is 5. The van der Waals surface area contributed by atoms with Crippen molar-refractivity contribution in [3.05, 3.63) is 42.2 Å². The van der Waals surface area contributed by atoms with Crippen molar-refractivity contribution in [2.45, 2.75) is 6.92 Å². The van der Waals surface area contributed by atoms with Crippen LogP contribution in [0.25, 0.3) is 0 Å². The van der Waals surface area contributed by atoms with E-state index in [0.717, 1.165) is 17.3 Å². The van der Waals surface area contributed by atoms with Crippen LogP contribution in [0, 0.1) is 6.92 Å². The summed E-state index contributed by atoms with van der Waals surface area (Å²) in [6.45, 7) is 3.35. The van der Waals surface area contributed by atoms with Crippen molar-refractivity contribution in [2.75, 3.05) is 30.4 Å². The Bertz CT molecular complexity index is 524. The molecule has 0 aliphatic carbocycles. The third kappa shape index (κ3) is 3.42. The SMILES string of the molecule is Cc1ccc(N(C)c2cc(NCCN)ncn2)cc1. The van der Waals surface area contributed by atoms with Crippen LogP contribution in [-0.2, 0) is 0 Å². The average molecular weight is 257 g/mol. The summed E-state index contributed by atoms with van der Waals surface area (Å²) in [5.74, 6) is 1.63. The van der Waals surface area contributed by atoms with Crippen LogP contribution in [0.5, 0.6) is 0 Å². The predicted octanol–water partition coefficient (Wildman–Crippen LogP) is 1.92. The lowest BCUT2D eigenvalue weighted by atomic mass is 10.2. The number of nitrogens with zero attached hydrogens (tertiary/aromatic N) is 3. The molecule has 100 valence electrons. The molecule has 3 N–H and O–H groups in total. The maximum Gasteiger partial charge on any atom is 0.138 e. The van der Waals surface area contributed by atoms with E-state index in [9.17, 15) is 0 Å². The van der Waals surface area contributed by atoms with Gasteiger partial charge in [0.25, 0.3) is 0 Å². The Morgan fingerprint density at radius 3 is 2.63 bits per heavy atom. The lowest BCUT2D eigenvalue weighted by Crippen LogP contribution is -2.15. The van der Waals surface area contributed by atoms with Crippen LogP contribution < -0.4 is 16.0 Å². The van der Waals surface area contributed by atoms with Crippen LogP contribution in [0.4, 0.5) is 17.3 Å². The normalized spacial score (nSPS) is 10.3. The zero-order valence-corrected chi connectivity index (χ0v) is 11.3. The van der Waals surface area contributed by atoms with Crippen molar-refractivity contribution < 1.29 is 0 Å². The molecule has 5 nitrogen and oxygen atoms in total. The van der Waals surface area contributed by atoms with Crippen molar-refractivity contribution >= 4 is 17.3 Å². The molecular weight excluding hydrogens is 238 g/mol. The van der Waals surface area contributed by atoms with Gasteiger partial charge in [0.15, 0.2) is 0 Å². The molecule has 0 bridgehead atoms. The van der Waals surface area contributed by atoms with Crippen LogP contribution in [-0.4, -0.2) is 30.1 Å². The minimum atomic E-state index is 0.577. The van der Waals surface area contributed by atoms with Gasteiger partial charge in [-0.1, -0.05) is 17.7 Å². The Balaban J connectivity index is 2.18. The maximum absolute atomic E-state index is 5.46. The van der Waals surface area contributed by atoms with Crippen molar-refractivity contribution in [3.63, 3.8) is 0 Å². The number of aromatic nitrogens is 2. The molecule has 1 heterocycles. The summed E-state index contributed by atoms with van der Waals surface area (Å²) in [5.41, 5.74) is 7.80. The fourth-order valence-electron chi connectivity index (χ4n) is 1.73. The first-order chi connectivity index (χ1) is 9.20. The number of hydrogen-bond donors (Lipinski definition) is 2. The number of nitrogens with one attached hydrogen (secondary N) is 1. The van der Waals surface area contributed by atoms with E-state index in [1.807, 2.05) is 18.0 Å². The number of anilines is 3. The summed E-state index contributed by atoms with van der Waals surface area (Å²) < 4.78 is 0. The molecule has 1 aromatic carbocycles. The minimum Gasteiger partial charge on any atom is -0.369 e. The van der Waals surface area contributed by atoms with Crippen molar-refractivity contribution in [2.24, 2.45) is 5.73 Å². The number of aryl methyl sites for hydroxylation is 1. The summed E-state index contributed by atoms with van der Waals surface area (Å²) in [6.07, 6.45) is 1.55. The molecule has 0 saturated carbocycles. The van der Waals surface area contributed by atoms with E-state index < -0.39 is 0 Å². The zero-order valence-electron chi connectivity index (χ0n) is 11.3. The molecule has 5 heteroatoms. The summed E-state index contributed by atoms with van der Waals surface area (Å²) in [7, 11) is 1.99. The van der Waals surface area contributed by atoms with E-state index in [0.29, 0.717) is 13.1 Å². The van der Waals surface area contributed by atoms with Gasteiger partial charge in [0.05, 0.1) is 0 Å². The van der Waals surface area contributed by atoms with Crippen LogP contribution in [0.15, 0.2) is 36.7 Å². The molecule has 0 saturated heterocycles.